The first kappa shape index (κ1) is 12.6. The van der Waals surface area contributed by atoms with E-state index in [9.17, 15) is 0 Å². The maximum Gasteiger partial charge on any atom is 0.162 e. The van der Waals surface area contributed by atoms with Gasteiger partial charge in [0.25, 0.3) is 0 Å². The van der Waals surface area contributed by atoms with Crippen LogP contribution in [0.25, 0.3) is 22.3 Å². The first-order valence-corrected chi connectivity index (χ1v) is 6.50. The zero-order valence-corrected chi connectivity index (χ0v) is 11.5. The van der Waals surface area contributed by atoms with Crippen molar-refractivity contribution in [1.82, 2.24) is 9.97 Å². The number of anilines is 1. The van der Waals surface area contributed by atoms with Gasteiger partial charge in [0.2, 0.25) is 0 Å². The molecule has 0 amide bonds. The molecule has 0 aliphatic carbocycles. The van der Waals surface area contributed by atoms with E-state index in [1.807, 2.05) is 30.3 Å². The third-order valence-corrected chi connectivity index (χ3v) is 3.51. The Hall–Kier alpha value is -2.46. The highest BCUT2D eigenvalue weighted by molar-refractivity contribution is 5.90. The molecule has 0 spiro atoms. The average molecular weight is 264 g/mol. The Bertz CT molecular complexity index is 781. The van der Waals surface area contributed by atoms with Gasteiger partial charge in [0.15, 0.2) is 11.6 Å². The first-order chi connectivity index (χ1) is 9.69. The summed E-state index contributed by atoms with van der Waals surface area (Å²) < 4.78 is 0. The van der Waals surface area contributed by atoms with Crippen molar-refractivity contribution in [1.29, 1.82) is 0 Å². The monoisotopic (exact) mass is 264 g/mol. The van der Waals surface area contributed by atoms with E-state index in [0.717, 1.165) is 16.5 Å². The Morgan fingerprint density at radius 3 is 2.50 bits per heavy atom. The van der Waals surface area contributed by atoms with Crippen molar-refractivity contribution >= 4 is 16.7 Å². The van der Waals surface area contributed by atoms with Gasteiger partial charge in [-0.1, -0.05) is 24.3 Å². The van der Waals surface area contributed by atoms with Gasteiger partial charge in [-0.3, -0.25) is 0 Å². The van der Waals surface area contributed by atoms with Crippen LogP contribution in [0, 0.1) is 13.8 Å². The molecule has 1 heterocycles. The number of para-hydroxylation sites is 1. The maximum atomic E-state index is 5.58. The maximum absolute atomic E-state index is 5.58. The van der Waals surface area contributed by atoms with Crippen LogP contribution >= 0.6 is 0 Å². The molecule has 0 unspecified atom stereocenters. The topological polar surface area (TPSA) is 63.8 Å². The van der Waals surface area contributed by atoms with Gasteiger partial charge in [0.05, 0.1) is 5.52 Å². The lowest BCUT2D eigenvalue weighted by molar-refractivity contribution is 1.18. The Morgan fingerprint density at radius 1 is 0.950 bits per heavy atom. The van der Waals surface area contributed by atoms with E-state index >= 15 is 0 Å². The summed E-state index contributed by atoms with van der Waals surface area (Å²) >= 11 is 0. The fourth-order valence-electron chi connectivity index (χ4n) is 2.20. The van der Waals surface area contributed by atoms with Crippen LogP contribution < -0.4 is 11.3 Å². The Kier molecular flexibility index (Phi) is 3.08. The van der Waals surface area contributed by atoms with Gasteiger partial charge in [-0.15, -0.1) is 0 Å². The minimum atomic E-state index is 0.642. The minimum absolute atomic E-state index is 0.642. The molecule has 0 bridgehead atoms. The van der Waals surface area contributed by atoms with Crippen LogP contribution in [0.15, 0.2) is 42.5 Å². The molecule has 4 nitrogen and oxygen atoms in total. The molecule has 0 atom stereocenters. The number of benzene rings is 2. The van der Waals surface area contributed by atoms with Crippen LogP contribution in [0.1, 0.15) is 11.1 Å². The van der Waals surface area contributed by atoms with Crippen LogP contribution in [0.4, 0.5) is 5.82 Å². The lowest BCUT2D eigenvalue weighted by Gasteiger charge is -2.09. The molecular weight excluding hydrogens is 248 g/mol. The van der Waals surface area contributed by atoms with Crippen molar-refractivity contribution in [3.63, 3.8) is 0 Å². The third kappa shape index (κ3) is 2.10. The zero-order valence-electron chi connectivity index (χ0n) is 11.5. The van der Waals surface area contributed by atoms with E-state index in [2.05, 4.69) is 41.4 Å². The molecule has 0 radical (unpaired) electrons. The van der Waals surface area contributed by atoms with Gasteiger partial charge in [-0.25, -0.2) is 15.8 Å². The Balaban J connectivity index is 2.23. The van der Waals surface area contributed by atoms with Crippen molar-refractivity contribution in [3.8, 4) is 11.4 Å². The minimum Gasteiger partial charge on any atom is -0.308 e. The van der Waals surface area contributed by atoms with E-state index in [4.69, 9.17) is 5.84 Å². The third-order valence-electron chi connectivity index (χ3n) is 3.51. The number of hydrogen-bond acceptors (Lipinski definition) is 4. The summed E-state index contributed by atoms with van der Waals surface area (Å²) in [6.07, 6.45) is 0. The molecule has 1 aromatic heterocycles. The van der Waals surface area contributed by atoms with Gasteiger partial charge >= 0.3 is 0 Å². The number of nitrogens with two attached hydrogens (primary N) is 1. The van der Waals surface area contributed by atoms with E-state index < -0.39 is 0 Å². The quantitative estimate of drug-likeness (QED) is 0.551. The van der Waals surface area contributed by atoms with Crippen LogP contribution in [-0.4, -0.2) is 9.97 Å². The number of fused-ring (bicyclic) bond motifs is 1. The molecule has 100 valence electrons. The second-order valence-corrected chi connectivity index (χ2v) is 4.86. The van der Waals surface area contributed by atoms with Crippen molar-refractivity contribution in [2.45, 2.75) is 13.8 Å². The van der Waals surface area contributed by atoms with E-state index in [1.54, 1.807) is 0 Å². The van der Waals surface area contributed by atoms with Gasteiger partial charge in [0, 0.05) is 10.9 Å². The fourth-order valence-corrected chi connectivity index (χ4v) is 2.20. The summed E-state index contributed by atoms with van der Waals surface area (Å²) in [5.74, 6) is 6.90. The summed E-state index contributed by atoms with van der Waals surface area (Å²) in [5, 5.41) is 0.919. The van der Waals surface area contributed by atoms with Crippen LogP contribution in [0.2, 0.25) is 0 Å². The van der Waals surface area contributed by atoms with E-state index in [1.165, 1.54) is 11.1 Å². The smallest absolute Gasteiger partial charge is 0.162 e. The number of hydrazine groups is 1. The molecule has 3 rings (SSSR count). The highest BCUT2D eigenvalue weighted by Gasteiger charge is 2.08. The number of rotatable bonds is 2. The Morgan fingerprint density at radius 2 is 1.75 bits per heavy atom. The highest BCUT2D eigenvalue weighted by Crippen LogP contribution is 2.25. The average Bonchev–Trinajstić information content (AvgIpc) is 2.49. The summed E-state index contributed by atoms with van der Waals surface area (Å²) in [6.45, 7) is 4.18. The molecule has 0 aliphatic heterocycles. The van der Waals surface area contributed by atoms with Gasteiger partial charge in [0.1, 0.15) is 0 Å². The van der Waals surface area contributed by atoms with Crippen LogP contribution in [0.5, 0.6) is 0 Å². The Labute approximate surface area is 117 Å². The lowest BCUT2D eigenvalue weighted by atomic mass is 10.1. The normalized spacial score (nSPS) is 10.8. The van der Waals surface area contributed by atoms with Crippen molar-refractivity contribution in [2.75, 3.05) is 5.43 Å². The molecular formula is C16H16N4. The van der Waals surface area contributed by atoms with Crippen LogP contribution in [-0.2, 0) is 0 Å². The van der Waals surface area contributed by atoms with Crippen molar-refractivity contribution in [3.05, 3.63) is 53.6 Å². The molecule has 0 saturated heterocycles. The standard InChI is InChI=1S/C16H16N4/c1-10-7-8-12(9-11(10)2)15-18-14-6-4-3-5-13(14)16(19-15)20-17/h3-9H,17H2,1-2H3,(H,18,19,20). The first-order valence-electron chi connectivity index (χ1n) is 6.50. The van der Waals surface area contributed by atoms with Gasteiger partial charge in [-0.2, -0.15) is 0 Å². The van der Waals surface area contributed by atoms with Crippen LogP contribution in [0.3, 0.4) is 0 Å². The molecule has 3 aromatic rings. The lowest BCUT2D eigenvalue weighted by Crippen LogP contribution is -2.10. The van der Waals surface area contributed by atoms with E-state index in [0.29, 0.717) is 11.6 Å². The van der Waals surface area contributed by atoms with Gasteiger partial charge < -0.3 is 5.43 Å². The second-order valence-electron chi connectivity index (χ2n) is 4.86. The second kappa shape index (κ2) is 4.90. The summed E-state index contributed by atoms with van der Waals surface area (Å²) in [5.41, 5.74) is 7.01. The summed E-state index contributed by atoms with van der Waals surface area (Å²) in [7, 11) is 0. The number of nitrogen functional groups attached to an aromatic ring is 1. The molecule has 20 heavy (non-hydrogen) atoms. The van der Waals surface area contributed by atoms with Crippen molar-refractivity contribution < 1.29 is 0 Å². The number of hydrogen-bond donors (Lipinski definition) is 2. The highest BCUT2D eigenvalue weighted by atomic mass is 15.3. The number of aromatic nitrogens is 2. The van der Waals surface area contributed by atoms with Crippen molar-refractivity contribution in [2.24, 2.45) is 5.84 Å². The summed E-state index contributed by atoms with van der Waals surface area (Å²) in [6, 6.07) is 14.0. The predicted molar refractivity (Wildman–Crippen MR) is 82.3 cm³/mol. The van der Waals surface area contributed by atoms with E-state index in [-0.39, 0.29) is 0 Å². The molecule has 0 fully saturated rings. The molecule has 2 aromatic carbocycles. The zero-order chi connectivity index (χ0) is 14.1. The predicted octanol–water partition coefficient (Wildman–Crippen LogP) is 3.20. The number of nitrogens with zero attached hydrogens (tertiary/aromatic N) is 2. The molecule has 3 N–H and O–H groups in total. The summed E-state index contributed by atoms with van der Waals surface area (Å²) in [4.78, 5) is 9.13. The molecule has 0 saturated carbocycles. The molecule has 0 aliphatic rings. The van der Waals surface area contributed by atoms with Gasteiger partial charge in [-0.05, 0) is 43.2 Å². The largest absolute Gasteiger partial charge is 0.308 e. The SMILES string of the molecule is Cc1ccc(-c2nc(NN)c3ccccc3n2)cc1C. The number of nitrogens with one attached hydrogen (secondary N) is 1. The molecule has 4 heteroatoms. The number of aryl methyl sites for hydroxylation is 2. The fraction of sp³-hybridized carbons (Fsp3) is 0.125.